The number of hydrogen-bond acceptors (Lipinski definition) is 4. The molecule has 0 unspecified atom stereocenters. The minimum absolute atomic E-state index is 0.641. The summed E-state index contributed by atoms with van der Waals surface area (Å²) in [4.78, 5) is 4.92. The summed E-state index contributed by atoms with van der Waals surface area (Å²) in [5.41, 5.74) is 3.54. The molecule has 4 heteroatoms. The van der Waals surface area contributed by atoms with Crippen molar-refractivity contribution in [2.75, 3.05) is 25.0 Å². The van der Waals surface area contributed by atoms with Gasteiger partial charge in [0, 0.05) is 31.4 Å². The van der Waals surface area contributed by atoms with Crippen molar-refractivity contribution in [1.82, 2.24) is 4.90 Å². The summed E-state index contributed by atoms with van der Waals surface area (Å²) in [6.45, 7) is 3.18. The van der Waals surface area contributed by atoms with Crippen molar-refractivity contribution < 1.29 is 5.21 Å². The van der Waals surface area contributed by atoms with E-state index in [1.165, 1.54) is 30.3 Å². The van der Waals surface area contributed by atoms with Crippen LogP contribution in [-0.4, -0.2) is 42.5 Å². The van der Waals surface area contributed by atoms with E-state index in [0.717, 1.165) is 25.2 Å². The zero-order chi connectivity index (χ0) is 16.8. The fourth-order valence-electron chi connectivity index (χ4n) is 3.40. The van der Waals surface area contributed by atoms with Gasteiger partial charge in [-0.05, 0) is 43.1 Å². The van der Waals surface area contributed by atoms with Crippen LogP contribution in [0.4, 0.5) is 5.69 Å². The van der Waals surface area contributed by atoms with Gasteiger partial charge in [0.05, 0.1) is 6.21 Å². The molecule has 1 N–H and O–H groups in total. The van der Waals surface area contributed by atoms with Crippen molar-refractivity contribution in [2.45, 2.75) is 25.4 Å². The Balaban J connectivity index is 1.53. The molecule has 0 atom stereocenters. The second-order valence-electron chi connectivity index (χ2n) is 6.46. The molecule has 1 saturated heterocycles. The summed E-state index contributed by atoms with van der Waals surface area (Å²) in [6, 6.07) is 19.5. The maximum absolute atomic E-state index is 8.58. The first kappa shape index (κ1) is 16.5. The van der Waals surface area contributed by atoms with Gasteiger partial charge in [0.25, 0.3) is 0 Å². The normalized spacial score (nSPS) is 16.2. The first-order chi connectivity index (χ1) is 11.8. The molecular formula is C20H25N3O. The van der Waals surface area contributed by atoms with Gasteiger partial charge in [-0.2, -0.15) is 0 Å². The minimum atomic E-state index is 0.641. The SMILES string of the molecule is CN(Cc1ccccc1)C1CCN(c2ccc(C=NO)cc2)CC1. The van der Waals surface area contributed by atoms with E-state index in [1.54, 1.807) is 0 Å². The van der Waals surface area contributed by atoms with E-state index in [2.05, 4.69) is 64.5 Å². The van der Waals surface area contributed by atoms with Crippen LogP contribution in [0.2, 0.25) is 0 Å². The average molecular weight is 323 g/mol. The monoisotopic (exact) mass is 323 g/mol. The predicted octanol–water partition coefficient (Wildman–Crippen LogP) is 3.60. The van der Waals surface area contributed by atoms with Crippen LogP contribution in [0.25, 0.3) is 0 Å². The molecule has 2 aromatic rings. The van der Waals surface area contributed by atoms with Crippen LogP contribution in [-0.2, 0) is 6.54 Å². The number of piperidine rings is 1. The molecule has 0 aliphatic carbocycles. The Morgan fingerprint density at radius 2 is 1.75 bits per heavy atom. The predicted molar refractivity (Wildman–Crippen MR) is 99.0 cm³/mol. The summed E-state index contributed by atoms with van der Waals surface area (Å²) >= 11 is 0. The van der Waals surface area contributed by atoms with Gasteiger partial charge in [0.1, 0.15) is 0 Å². The molecule has 0 amide bonds. The number of nitrogens with zero attached hydrogens (tertiary/aromatic N) is 3. The van der Waals surface area contributed by atoms with Crippen molar-refractivity contribution in [3.05, 3.63) is 65.7 Å². The van der Waals surface area contributed by atoms with E-state index in [4.69, 9.17) is 5.21 Å². The third-order valence-corrected chi connectivity index (χ3v) is 4.83. The standard InChI is InChI=1S/C20H25N3O/c1-22(16-18-5-3-2-4-6-18)19-11-13-23(14-12-19)20-9-7-17(8-10-20)15-21-24/h2-10,15,19,24H,11-14,16H2,1H3. The second-order valence-corrected chi connectivity index (χ2v) is 6.46. The van der Waals surface area contributed by atoms with Gasteiger partial charge in [-0.3, -0.25) is 4.90 Å². The van der Waals surface area contributed by atoms with E-state index in [9.17, 15) is 0 Å². The summed E-state index contributed by atoms with van der Waals surface area (Å²) in [5, 5.41) is 11.6. The van der Waals surface area contributed by atoms with E-state index in [-0.39, 0.29) is 0 Å². The highest BCUT2D eigenvalue weighted by atomic mass is 16.4. The van der Waals surface area contributed by atoms with Gasteiger partial charge in [0.15, 0.2) is 0 Å². The minimum Gasteiger partial charge on any atom is -0.411 e. The van der Waals surface area contributed by atoms with Crippen LogP contribution in [0, 0.1) is 0 Å². The Hall–Kier alpha value is -2.33. The average Bonchev–Trinajstić information content (AvgIpc) is 2.64. The Morgan fingerprint density at radius 1 is 1.08 bits per heavy atom. The lowest BCUT2D eigenvalue weighted by Gasteiger charge is -2.38. The quantitative estimate of drug-likeness (QED) is 0.519. The molecule has 1 fully saturated rings. The summed E-state index contributed by atoms with van der Waals surface area (Å²) in [6.07, 6.45) is 3.82. The molecular weight excluding hydrogens is 298 g/mol. The van der Waals surface area contributed by atoms with Crippen LogP contribution >= 0.6 is 0 Å². The van der Waals surface area contributed by atoms with Gasteiger partial charge in [-0.25, -0.2) is 0 Å². The van der Waals surface area contributed by atoms with Crippen LogP contribution in [0.1, 0.15) is 24.0 Å². The highest BCUT2D eigenvalue weighted by Gasteiger charge is 2.22. The molecule has 2 aromatic carbocycles. The molecule has 0 bridgehead atoms. The van der Waals surface area contributed by atoms with E-state index in [0.29, 0.717) is 6.04 Å². The van der Waals surface area contributed by atoms with Crippen molar-refractivity contribution in [3.8, 4) is 0 Å². The van der Waals surface area contributed by atoms with Crippen molar-refractivity contribution in [3.63, 3.8) is 0 Å². The fraction of sp³-hybridized carbons (Fsp3) is 0.350. The summed E-state index contributed by atoms with van der Waals surface area (Å²) in [5.74, 6) is 0. The number of rotatable bonds is 5. The second kappa shape index (κ2) is 7.97. The molecule has 4 nitrogen and oxygen atoms in total. The van der Waals surface area contributed by atoms with Gasteiger partial charge < -0.3 is 10.1 Å². The zero-order valence-corrected chi connectivity index (χ0v) is 14.2. The Morgan fingerprint density at radius 3 is 2.38 bits per heavy atom. The fourth-order valence-corrected chi connectivity index (χ4v) is 3.40. The highest BCUT2D eigenvalue weighted by molar-refractivity contribution is 5.79. The molecule has 0 radical (unpaired) electrons. The Bertz CT molecular complexity index is 646. The molecule has 24 heavy (non-hydrogen) atoms. The molecule has 1 aliphatic rings. The summed E-state index contributed by atoms with van der Waals surface area (Å²) in [7, 11) is 2.23. The lowest BCUT2D eigenvalue weighted by atomic mass is 10.0. The smallest absolute Gasteiger partial charge is 0.0733 e. The molecule has 1 heterocycles. The third kappa shape index (κ3) is 4.15. The molecule has 0 saturated carbocycles. The molecule has 1 aliphatic heterocycles. The van der Waals surface area contributed by atoms with E-state index in [1.807, 2.05) is 12.1 Å². The van der Waals surface area contributed by atoms with Crippen molar-refractivity contribution >= 4 is 11.9 Å². The third-order valence-electron chi connectivity index (χ3n) is 4.83. The van der Waals surface area contributed by atoms with Crippen LogP contribution < -0.4 is 4.90 Å². The van der Waals surface area contributed by atoms with Crippen LogP contribution in [0.3, 0.4) is 0 Å². The lowest BCUT2D eigenvalue weighted by molar-refractivity contribution is 0.200. The van der Waals surface area contributed by atoms with Gasteiger partial charge in [-0.15, -0.1) is 0 Å². The highest BCUT2D eigenvalue weighted by Crippen LogP contribution is 2.23. The molecule has 0 spiro atoms. The number of oxime groups is 1. The molecule has 3 rings (SSSR count). The van der Waals surface area contributed by atoms with Crippen molar-refractivity contribution in [2.24, 2.45) is 5.16 Å². The Kier molecular flexibility index (Phi) is 5.49. The summed E-state index contributed by atoms with van der Waals surface area (Å²) < 4.78 is 0. The van der Waals surface area contributed by atoms with Gasteiger partial charge in [-0.1, -0.05) is 47.6 Å². The molecule has 0 aromatic heterocycles. The van der Waals surface area contributed by atoms with Crippen LogP contribution in [0.15, 0.2) is 59.8 Å². The number of hydrogen-bond donors (Lipinski definition) is 1. The molecule has 126 valence electrons. The van der Waals surface area contributed by atoms with Crippen molar-refractivity contribution in [1.29, 1.82) is 0 Å². The maximum atomic E-state index is 8.58. The first-order valence-electron chi connectivity index (χ1n) is 8.53. The number of anilines is 1. The van der Waals surface area contributed by atoms with Crippen LogP contribution in [0.5, 0.6) is 0 Å². The zero-order valence-electron chi connectivity index (χ0n) is 14.2. The Labute approximate surface area is 144 Å². The maximum Gasteiger partial charge on any atom is 0.0733 e. The van der Waals surface area contributed by atoms with Gasteiger partial charge >= 0.3 is 0 Å². The topological polar surface area (TPSA) is 39.1 Å². The van der Waals surface area contributed by atoms with E-state index >= 15 is 0 Å². The first-order valence-corrected chi connectivity index (χ1v) is 8.53. The number of benzene rings is 2. The van der Waals surface area contributed by atoms with E-state index < -0.39 is 0 Å². The lowest BCUT2D eigenvalue weighted by Crippen LogP contribution is -2.43. The largest absolute Gasteiger partial charge is 0.411 e. The van der Waals surface area contributed by atoms with Gasteiger partial charge in [0.2, 0.25) is 0 Å².